The number of piperidine rings is 1. The third-order valence-electron chi connectivity index (χ3n) is 5.48. The Labute approximate surface area is 184 Å². The number of rotatable bonds is 4. The summed E-state index contributed by atoms with van der Waals surface area (Å²) in [4.78, 5) is 28.1. The topological polar surface area (TPSA) is 62.6 Å². The molecule has 0 bridgehead atoms. The third-order valence-corrected chi connectivity index (χ3v) is 5.97. The van der Waals surface area contributed by atoms with Crippen LogP contribution in [0.15, 0.2) is 51.7 Å². The van der Waals surface area contributed by atoms with Gasteiger partial charge in [-0.3, -0.25) is 19.8 Å². The molecule has 0 aliphatic carbocycles. The molecule has 1 aliphatic heterocycles. The summed E-state index contributed by atoms with van der Waals surface area (Å²) in [5, 5.41) is 4.16. The molecule has 1 N–H and O–H groups in total. The average molecular weight is 445 g/mol. The Bertz CT molecular complexity index is 1130. The van der Waals surface area contributed by atoms with E-state index >= 15 is 0 Å². The molecule has 1 aliphatic rings. The van der Waals surface area contributed by atoms with Gasteiger partial charge in [-0.1, -0.05) is 42.3 Å². The van der Waals surface area contributed by atoms with Crippen molar-refractivity contribution in [2.45, 2.75) is 19.8 Å². The molecule has 1 amide bonds. The van der Waals surface area contributed by atoms with Crippen LogP contribution >= 0.6 is 23.2 Å². The van der Waals surface area contributed by atoms with Gasteiger partial charge in [0.2, 0.25) is 17.2 Å². The van der Waals surface area contributed by atoms with E-state index in [1.54, 1.807) is 42.5 Å². The van der Waals surface area contributed by atoms with E-state index < -0.39 is 0 Å². The Kier molecular flexibility index (Phi) is 6.14. The molecular weight excluding hydrogens is 423 g/mol. The highest BCUT2D eigenvalue weighted by Crippen LogP contribution is 2.30. The normalized spacial score (nSPS) is 15.4. The molecule has 4 rings (SSSR count). The third kappa shape index (κ3) is 4.53. The quantitative estimate of drug-likeness (QED) is 0.581. The number of amides is 1. The Morgan fingerprint density at radius 1 is 1.10 bits per heavy atom. The van der Waals surface area contributed by atoms with E-state index in [0.29, 0.717) is 32.5 Å². The van der Waals surface area contributed by atoms with Crippen LogP contribution in [-0.4, -0.2) is 30.4 Å². The molecule has 0 radical (unpaired) electrons. The van der Waals surface area contributed by atoms with E-state index in [4.69, 9.17) is 27.6 Å². The van der Waals surface area contributed by atoms with Crippen molar-refractivity contribution in [3.8, 4) is 11.1 Å². The van der Waals surface area contributed by atoms with Gasteiger partial charge in [0.05, 0.1) is 17.5 Å². The molecule has 30 heavy (non-hydrogen) atoms. The fourth-order valence-corrected chi connectivity index (χ4v) is 4.02. The number of halogens is 2. The smallest absolute Gasteiger partial charge is 0.240 e. The number of anilines is 1. The lowest BCUT2D eigenvalue weighted by Gasteiger charge is -2.29. The van der Waals surface area contributed by atoms with Gasteiger partial charge in [-0.05, 0) is 67.7 Å². The van der Waals surface area contributed by atoms with Gasteiger partial charge in [0.15, 0.2) is 0 Å². The average Bonchev–Trinajstić information content (AvgIpc) is 2.72. The standard InChI is InChI=1S/C23H22Cl2N2O3/c1-14-8-10-27(11-9-14)13-20(28)26-23-21(15-2-4-16(24)5-3-15)22(29)18-12-17(25)6-7-19(18)30-23/h2-7,12,14H,8-11,13H2,1H3,(H,26,28). The number of nitrogens with zero attached hydrogens (tertiary/aromatic N) is 1. The number of carbonyl (C=O) groups excluding carboxylic acids is 1. The van der Waals surface area contributed by atoms with Crippen LogP contribution in [0.3, 0.4) is 0 Å². The minimum absolute atomic E-state index is 0.132. The van der Waals surface area contributed by atoms with Crippen molar-refractivity contribution in [2.75, 3.05) is 25.0 Å². The van der Waals surface area contributed by atoms with Crippen LogP contribution in [0.5, 0.6) is 0 Å². The zero-order chi connectivity index (χ0) is 21.3. The minimum Gasteiger partial charge on any atom is -0.439 e. The molecule has 1 fully saturated rings. The van der Waals surface area contributed by atoms with Crippen LogP contribution in [0.25, 0.3) is 22.1 Å². The molecule has 5 nitrogen and oxygen atoms in total. The summed E-state index contributed by atoms with van der Waals surface area (Å²) in [6.45, 7) is 4.26. The molecule has 2 heterocycles. The van der Waals surface area contributed by atoms with Crippen molar-refractivity contribution in [3.05, 3.63) is 62.7 Å². The second-order valence-electron chi connectivity index (χ2n) is 7.79. The van der Waals surface area contributed by atoms with Gasteiger partial charge >= 0.3 is 0 Å². The first-order chi connectivity index (χ1) is 14.4. The van der Waals surface area contributed by atoms with Crippen molar-refractivity contribution >= 4 is 46.0 Å². The second kappa shape index (κ2) is 8.80. The van der Waals surface area contributed by atoms with Gasteiger partial charge < -0.3 is 4.42 Å². The molecule has 3 aromatic rings. The molecule has 1 saturated heterocycles. The maximum atomic E-state index is 13.3. The van der Waals surface area contributed by atoms with E-state index in [-0.39, 0.29) is 29.3 Å². The summed E-state index contributed by atoms with van der Waals surface area (Å²) in [6.07, 6.45) is 2.16. The highest BCUT2D eigenvalue weighted by atomic mass is 35.5. The molecule has 0 atom stereocenters. The number of likely N-dealkylation sites (tertiary alicyclic amines) is 1. The lowest BCUT2D eigenvalue weighted by Crippen LogP contribution is -2.38. The molecular formula is C23H22Cl2N2O3. The predicted octanol–water partition coefficient (Wildman–Crippen LogP) is 5.44. The second-order valence-corrected chi connectivity index (χ2v) is 8.66. The largest absolute Gasteiger partial charge is 0.439 e. The first-order valence-electron chi connectivity index (χ1n) is 9.95. The molecule has 156 valence electrons. The molecule has 2 aromatic carbocycles. The summed E-state index contributed by atoms with van der Waals surface area (Å²) < 4.78 is 5.95. The molecule has 0 saturated carbocycles. The van der Waals surface area contributed by atoms with Gasteiger partial charge in [-0.15, -0.1) is 0 Å². The van der Waals surface area contributed by atoms with Gasteiger partial charge in [-0.25, -0.2) is 0 Å². The van der Waals surface area contributed by atoms with Crippen LogP contribution in [0.4, 0.5) is 5.88 Å². The van der Waals surface area contributed by atoms with Crippen molar-refractivity contribution in [1.29, 1.82) is 0 Å². The van der Waals surface area contributed by atoms with Crippen LogP contribution < -0.4 is 10.7 Å². The van der Waals surface area contributed by atoms with Crippen LogP contribution in [0.1, 0.15) is 19.8 Å². The lowest BCUT2D eigenvalue weighted by atomic mass is 9.99. The van der Waals surface area contributed by atoms with Gasteiger partial charge in [0.1, 0.15) is 5.58 Å². The number of benzene rings is 2. The molecule has 7 heteroatoms. The SMILES string of the molecule is CC1CCN(CC(=O)Nc2oc3ccc(Cl)cc3c(=O)c2-c2ccc(Cl)cc2)CC1. The zero-order valence-corrected chi connectivity index (χ0v) is 18.1. The molecule has 0 spiro atoms. The fourth-order valence-electron chi connectivity index (χ4n) is 3.72. The molecule has 1 aromatic heterocycles. The number of fused-ring (bicyclic) bond motifs is 1. The van der Waals surface area contributed by atoms with Gasteiger partial charge in [-0.2, -0.15) is 0 Å². The lowest BCUT2D eigenvalue weighted by molar-refractivity contribution is -0.117. The number of nitrogens with one attached hydrogen (secondary N) is 1. The van der Waals surface area contributed by atoms with Crippen LogP contribution in [0, 0.1) is 5.92 Å². The van der Waals surface area contributed by atoms with Gasteiger partial charge in [0, 0.05) is 10.0 Å². The number of carbonyl (C=O) groups is 1. The zero-order valence-electron chi connectivity index (χ0n) is 16.6. The van der Waals surface area contributed by atoms with E-state index in [0.717, 1.165) is 25.9 Å². The van der Waals surface area contributed by atoms with Crippen molar-refractivity contribution < 1.29 is 9.21 Å². The first-order valence-corrected chi connectivity index (χ1v) is 10.7. The monoisotopic (exact) mass is 444 g/mol. The Balaban J connectivity index is 1.71. The summed E-state index contributed by atoms with van der Waals surface area (Å²) in [5.41, 5.74) is 0.992. The van der Waals surface area contributed by atoms with Crippen molar-refractivity contribution in [1.82, 2.24) is 4.90 Å². The van der Waals surface area contributed by atoms with E-state index in [1.165, 1.54) is 0 Å². The Morgan fingerprint density at radius 3 is 2.47 bits per heavy atom. The first kappa shape index (κ1) is 20.9. The van der Waals surface area contributed by atoms with Crippen molar-refractivity contribution in [2.24, 2.45) is 5.92 Å². The minimum atomic E-state index is -0.261. The van der Waals surface area contributed by atoms with Crippen LogP contribution in [0.2, 0.25) is 10.0 Å². The summed E-state index contributed by atoms with van der Waals surface area (Å²) in [5.74, 6) is 0.606. The maximum absolute atomic E-state index is 13.3. The highest BCUT2D eigenvalue weighted by molar-refractivity contribution is 6.31. The maximum Gasteiger partial charge on any atom is 0.240 e. The highest BCUT2D eigenvalue weighted by Gasteiger charge is 2.21. The van der Waals surface area contributed by atoms with E-state index in [1.807, 2.05) is 0 Å². The summed E-state index contributed by atoms with van der Waals surface area (Å²) >= 11 is 12.1. The summed E-state index contributed by atoms with van der Waals surface area (Å²) in [7, 11) is 0. The fraction of sp³-hybridized carbons (Fsp3) is 0.304. The number of hydrogen-bond donors (Lipinski definition) is 1. The Morgan fingerprint density at radius 2 is 1.77 bits per heavy atom. The predicted molar refractivity (Wildman–Crippen MR) is 121 cm³/mol. The number of hydrogen-bond acceptors (Lipinski definition) is 4. The van der Waals surface area contributed by atoms with Gasteiger partial charge in [0.25, 0.3) is 0 Å². The van der Waals surface area contributed by atoms with Crippen molar-refractivity contribution in [3.63, 3.8) is 0 Å². The van der Waals surface area contributed by atoms with Crippen LogP contribution in [-0.2, 0) is 4.79 Å². The van der Waals surface area contributed by atoms with E-state index in [9.17, 15) is 9.59 Å². The summed E-state index contributed by atoms with van der Waals surface area (Å²) in [6, 6.07) is 11.7. The van der Waals surface area contributed by atoms with E-state index in [2.05, 4.69) is 17.1 Å². The molecule has 0 unspecified atom stereocenters. The Hall–Kier alpha value is -2.34.